The number of benzene rings is 2. The van der Waals surface area contributed by atoms with Crippen LogP contribution < -0.4 is 4.90 Å². The lowest BCUT2D eigenvalue weighted by Gasteiger charge is -2.15. The van der Waals surface area contributed by atoms with Crippen molar-refractivity contribution < 1.29 is 13.2 Å². The van der Waals surface area contributed by atoms with Gasteiger partial charge in [-0.05, 0) is 30.2 Å². The van der Waals surface area contributed by atoms with E-state index in [9.17, 15) is 18.4 Å². The van der Waals surface area contributed by atoms with Gasteiger partial charge in [-0.15, -0.1) is 15.0 Å². The number of nitrogens with zero attached hydrogens (tertiary/aromatic N) is 5. The van der Waals surface area contributed by atoms with Gasteiger partial charge in [-0.3, -0.25) is 0 Å². The average molecular weight is 383 g/mol. The zero-order valence-corrected chi connectivity index (χ0v) is 14.8. The lowest BCUT2D eigenvalue weighted by atomic mass is 9.99. The maximum Gasteiger partial charge on any atom is 0.416 e. The molecule has 0 unspecified atom stereocenters. The van der Waals surface area contributed by atoms with Crippen LogP contribution in [0.2, 0.25) is 0 Å². The van der Waals surface area contributed by atoms with Crippen LogP contribution in [-0.4, -0.2) is 28.1 Å². The summed E-state index contributed by atoms with van der Waals surface area (Å²) in [6.45, 7) is 1.38. The van der Waals surface area contributed by atoms with E-state index in [1.54, 1.807) is 0 Å². The van der Waals surface area contributed by atoms with Crippen molar-refractivity contribution in [3.8, 4) is 11.8 Å². The monoisotopic (exact) mass is 383 g/mol. The molecule has 1 aliphatic heterocycles. The molecule has 0 radical (unpaired) electrons. The van der Waals surface area contributed by atoms with Crippen LogP contribution in [0.25, 0.3) is 5.69 Å². The van der Waals surface area contributed by atoms with E-state index in [-0.39, 0.29) is 11.4 Å². The van der Waals surface area contributed by atoms with E-state index in [1.807, 2.05) is 29.2 Å². The van der Waals surface area contributed by atoms with Gasteiger partial charge in [0, 0.05) is 19.0 Å². The Kier molecular flexibility index (Phi) is 4.51. The summed E-state index contributed by atoms with van der Waals surface area (Å²) in [5.41, 5.74) is 0.698. The van der Waals surface area contributed by atoms with E-state index in [0.29, 0.717) is 24.8 Å². The Bertz CT molecular complexity index is 1020. The molecule has 8 heteroatoms. The maximum atomic E-state index is 13.0. The lowest BCUT2D eigenvalue weighted by Crippen LogP contribution is -2.20. The van der Waals surface area contributed by atoms with Gasteiger partial charge in [0.05, 0.1) is 11.3 Å². The standard InChI is InChI=1S/C20H16F3N5/c21-20(22,23)16-7-4-8-17(11-16)28-25-18(12-24)19(26-28)27-10-9-15(13-27)14-5-2-1-3-6-14/h1-8,11,15H,9-10,13H2/t15-/m0/s1. The Morgan fingerprint density at radius 3 is 2.54 bits per heavy atom. The third kappa shape index (κ3) is 3.43. The van der Waals surface area contributed by atoms with Crippen LogP contribution in [0.1, 0.15) is 29.2 Å². The largest absolute Gasteiger partial charge is 0.416 e. The molecule has 5 nitrogen and oxygen atoms in total. The molecule has 1 atom stereocenters. The first-order chi connectivity index (χ1) is 13.5. The minimum atomic E-state index is -4.46. The van der Waals surface area contributed by atoms with E-state index >= 15 is 0 Å². The Morgan fingerprint density at radius 2 is 1.82 bits per heavy atom. The van der Waals surface area contributed by atoms with Crippen molar-refractivity contribution in [3.05, 3.63) is 71.4 Å². The molecule has 0 saturated carbocycles. The fourth-order valence-electron chi connectivity index (χ4n) is 3.46. The third-order valence-corrected chi connectivity index (χ3v) is 4.87. The van der Waals surface area contributed by atoms with Crippen molar-refractivity contribution in [2.75, 3.05) is 18.0 Å². The zero-order chi connectivity index (χ0) is 19.7. The number of nitriles is 1. The summed E-state index contributed by atoms with van der Waals surface area (Å²) in [6.07, 6.45) is -3.55. The van der Waals surface area contributed by atoms with E-state index in [0.717, 1.165) is 23.4 Å². The minimum absolute atomic E-state index is 0.103. The number of halogens is 3. The zero-order valence-electron chi connectivity index (χ0n) is 14.8. The van der Waals surface area contributed by atoms with Crippen LogP contribution in [0.4, 0.5) is 19.0 Å². The second kappa shape index (κ2) is 7.00. The van der Waals surface area contributed by atoms with Gasteiger partial charge < -0.3 is 4.90 Å². The van der Waals surface area contributed by atoms with E-state index in [1.165, 1.54) is 17.7 Å². The Hall–Kier alpha value is -3.34. The first-order valence-corrected chi connectivity index (χ1v) is 8.80. The number of rotatable bonds is 3. The highest BCUT2D eigenvalue weighted by molar-refractivity contribution is 5.52. The molecule has 1 fully saturated rings. The van der Waals surface area contributed by atoms with Crippen LogP contribution in [0.3, 0.4) is 0 Å². The van der Waals surface area contributed by atoms with Crippen LogP contribution in [-0.2, 0) is 6.18 Å². The molecular formula is C20H16F3N5. The molecule has 4 rings (SSSR count). The summed E-state index contributed by atoms with van der Waals surface area (Å²) in [5.74, 6) is 0.713. The lowest BCUT2D eigenvalue weighted by molar-refractivity contribution is -0.137. The number of hydrogen-bond acceptors (Lipinski definition) is 4. The predicted molar refractivity (Wildman–Crippen MR) is 97.1 cm³/mol. The Morgan fingerprint density at radius 1 is 1.04 bits per heavy atom. The second-order valence-electron chi connectivity index (χ2n) is 6.66. The molecule has 0 amide bonds. The van der Waals surface area contributed by atoms with Crippen molar-refractivity contribution in [1.29, 1.82) is 5.26 Å². The van der Waals surface area contributed by atoms with Crippen LogP contribution >= 0.6 is 0 Å². The predicted octanol–water partition coefficient (Wildman–Crippen LogP) is 4.15. The molecule has 1 aromatic heterocycles. The maximum absolute atomic E-state index is 13.0. The normalized spacial score (nSPS) is 16.9. The summed E-state index contributed by atoms with van der Waals surface area (Å²) >= 11 is 0. The highest BCUT2D eigenvalue weighted by Crippen LogP contribution is 2.32. The molecule has 0 aliphatic carbocycles. The highest BCUT2D eigenvalue weighted by atomic mass is 19.4. The molecule has 2 aromatic carbocycles. The molecule has 1 aliphatic rings. The molecule has 2 heterocycles. The van der Waals surface area contributed by atoms with Crippen molar-refractivity contribution in [3.63, 3.8) is 0 Å². The molecule has 0 N–H and O–H groups in total. The summed E-state index contributed by atoms with van der Waals surface area (Å²) < 4.78 is 38.9. The van der Waals surface area contributed by atoms with E-state index < -0.39 is 11.7 Å². The molecule has 28 heavy (non-hydrogen) atoms. The van der Waals surface area contributed by atoms with Gasteiger partial charge in [-0.2, -0.15) is 18.4 Å². The molecule has 1 saturated heterocycles. The Balaban J connectivity index is 1.62. The molecule has 3 aromatic rings. The van der Waals surface area contributed by atoms with Gasteiger partial charge in [0.25, 0.3) is 0 Å². The van der Waals surface area contributed by atoms with E-state index in [2.05, 4.69) is 22.3 Å². The molecular weight excluding hydrogens is 367 g/mol. The van der Waals surface area contributed by atoms with Crippen molar-refractivity contribution in [1.82, 2.24) is 15.0 Å². The second-order valence-corrected chi connectivity index (χ2v) is 6.66. The first kappa shape index (κ1) is 18.0. The summed E-state index contributed by atoms with van der Waals surface area (Å²) in [7, 11) is 0. The average Bonchev–Trinajstić information content (AvgIpc) is 3.35. The van der Waals surface area contributed by atoms with Crippen molar-refractivity contribution in [2.24, 2.45) is 0 Å². The topological polar surface area (TPSA) is 57.7 Å². The minimum Gasteiger partial charge on any atom is -0.352 e. The van der Waals surface area contributed by atoms with Gasteiger partial charge >= 0.3 is 6.18 Å². The number of aromatic nitrogens is 3. The number of hydrogen-bond donors (Lipinski definition) is 0. The Labute approximate surface area is 159 Å². The SMILES string of the molecule is N#Cc1nn(-c2cccc(C(F)(F)F)c2)nc1N1CC[C@H](c2ccccc2)C1. The molecule has 0 bridgehead atoms. The van der Waals surface area contributed by atoms with Gasteiger partial charge in [-0.25, -0.2) is 0 Å². The van der Waals surface area contributed by atoms with Crippen molar-refractivity contribution in [2.45, 2.75) is 18.5 Å². The fraction of sp³-hybridized carbons (Fsp3) is 0.250. The van der Waals surface area contributed by atoms with Crippen molar-refractivity contribution >= 4 is 5.82 Å². The van der Waals surface area contributed by atoms with Gasteiger partial charge in [-0.1, -0.05) is 36.4 Å². The smallest absolute Gasteiger partial charge is 0.352 e. The van der Waals surface area contributed by atoms with Gasteiger partial charge in [0.1, 0.15) is 6.07 Å². The summed E-state index contributed by atoms with van der Waals surface area (Å²) in [5, 5.41) is 17.9. The van der Waals surface area contributed by atoms with Gasteiger partial charge in [0.15, 0.2) is 5.82 Å². The van der Waals surface area contributed by atoms with Gasteiger partial charge in [0.2, 0.25) is 5.69 Å². The summed E-state index contributed by atoms with van der Waals surface area (Å²) in [4.78, 5) is 3.06. The van der Waals surface area contributed by atoms with Crippen LogP contribution in [0, 0.1) is 11.3 Å². The quantitative estimate of drug-likeness (QED) is 0.682. The van der Waals surface area contributed by atoms with Crippen LogP contribution in [0.15, 0.2) is 54.6 Å². The summed E-state index contributed by atoms with van der Waals surface area (Å²) in [6, 6.07) is 16.8. The van der Waals surface area contributed by atoms with Crippen LogP contribution in [0.5, 0.6) is 0 Å². The van der Waals surface area contributed by atoms with E-state index in [4.69, 9.17) is 0 Å². The fourth-order valence-corrected chi connectivity index (χ4v) is 3.46. The first-order valence-electron chi connectivity index (χ1n) is 8.80. The third-order valence-electron chi connectivity index (χ3n) is 4.87. The number of anilines is 1. The molecule has 142 valence electrons. The number of alkyl halides is 3. The highest BCUT2D eigenvalue weighted by Gasteiger charge is 2.31. The molecule has 0 spiro atoms.